The van der Waals surface area contributed by atoms with Gasteiger partial charge in [-0.2, -0.15) is 17.0 Å². The van der Waals surface area contributed by atoms with Gasteiger partial charge in [0.15, 0.2) is 0 Å². The number of ether oxygens (including phenoxy) is 1. The maximum atomic E-state index is 12.6. The largest absolute Gasteiger partial charge is 0.380 e. The highest BCUT2D eigenvalue weighted by atomic mass is 32.2. The molecule has 0 aromatic heterocycles. The van der Waals surface area contributed by atoms with E-state index in [1.54, 1.807) is 11.4 Å². The van der Waals surface area contributed by atoms with Gasteiger partial charge in [0.1, 0.15) is 0 Å². The first-order chi connectivity index (χ1) is 10.1. The van der Waals surface area contributed by atoms with Gasteiger partial charge in [-0.25, -0.2) is 0 Å². The summed E-state index contributed by atoms with van der Waals surface area (Å²) in [6.45, 7) is 3.54. The van der Waals surface area contributed by atoms with E-state index in [-0.39, 0.29) is 6.04 Å². The van der Waals surface area contributed by atoms with E-state index in [2.05, 4.69) is 5.32 Å². The van der Waals surface area contributed by atoms with Gasteiger partial charge in [0.25, 0.3) is 10.2 Å². The Kier molecular flexibility index (Phi) is 4.85. The lowest BCUT2D eigenvalue weighted by Crippen LogP contribution is -2.50. The minimum absolute atomic E-state index is 0.00394. The van der Waals surface area contributed by atoms with Crippen LogP contribution < -0.4 is 5.32 Å². The van der Waals surface area contributed by atoms with E-state index in [0.717, 1.165) is 31.8 Å². The molecule has 1 aliphatic carbocycles. The molecule has 0 radical (unpaired) electrons. The Labute approximate surface area is 128 Å². The molecule has 1 unspecified atom stereocenters. The molecule has 6 nitrogen and oxygen atoms in total. The maximum absolute atomic E-state index is 12.6. The quantitative estimate of drug-likeness (QED) is 0.771. The van der Waals surface area contributed by atoms with Gasteiger partial charge in [0.05, 0.1) is 12.6 Å². The lowest BCUT2D eigenvalue weighted by Gasteiger charge is -2.35. The predicted molar refractivity (Wildman–Crippen MR) is 81.2 cm³/mol. The molecule has 0 aromatic rings. The highest BCUT2D eigenvalue weighted by molar-refractivity contribution is 7.86. The van der Waals surface area contributed by atoms with Crippen molar-refractivity contribution in [3.63, 3.8) is 0 Å². The molecule has 3 aliphatic rings. The fourth-order valence-electron chi connectivity index (χ4n) is 3.14. The van der Waals surface area contributed by atoms with Crippen LogP contribution >= 0.6 is 0 Å². The van der Waals surface area contributed by atoms with Crippen LogP contribution in [0.25, 0.3) is 0 Å². The molecule has 0 aromatic carbocycles. The summed E-state index contributed by atoms with van der Waals surface area (Å²) in [4.78, 5) is 0. The first-order valence-electron chi connectivity index (χ1n) is 8.11. The third kappa shape index (κ3) is 3.76. The normalized spacial score (nSPS) is 29.3. The molecule has 0 spiro atoms. The molecule has 3 rings (SSSR count). The summed E-state index contributed by atoms with van der Waals surface area (Å²) < 4.78 is 33.7. The standard InChI is InChI=1S/C14H27N3O3S/c1-16(14-6-9-20-11-14)21(18,19)17-7-4-12(5-8-17)10-15-13-2-3-13/h12-15H,2-11H2,1H3. The smallest absolute Gasteiger partial charge is 0.282 e. The summed E-state index contributed by atoms with van der Waals surface area (Å²) in [7, 11) is -1.63. The summed E-state index contributed by atoms with van der Waals surface area (Å²) in [5.41, 5.74) is 0. The Morgan fingerprint density at radius 2 is 1.90 bits per heavy atom. The average Bonchev–Trinajstić information content (AvgIpc) is 3.16. The predicted octanol–water partition coefficient (Wildman–Crippen LogP) is 0.416. The minimum Gasteiger partial charge on any atom is -0.380 e. The van der Waals surface area contributed by atoms with Gasteiger partial charge in [-0.15, -0.1) is 0 Å². The fourth-order valence-corrected chi connectivity index (χ4v) is 4.72. The van der Waals surface area contributed by atoms with Crippen molar-refractivity contribution in [2.75, 3.05) is 39.9 Å². The van der Waals surface area contributed by atoms with Crippen LogP contribution in [0.5, 0.6) is 0 Å². The number of hydrogen-bond acceptors (Lipinski definition) is 4. The summed E-state index contributed by atoms with van der Waals surface area (Å²) in [6, 6.07) is 0.740. The Balaban J connectivity index is 1.49. The highest BCUT2D eigenvalue weighted by Crippen LogP contribution is 2.25. The van der Waals surface area contributed by atoms with E-state index in [9.17, 15) is 8.42 Å². The fraction of sp³-hybridized carbons (Fsp3) is 1.00. The van der Waals surface area contributed by atoms with Gasteiger partial charge in [0, 0.05) is 32.8 Å². The van der Waals surface area contributed by atoms with Crippen LogP contribution in [-0.2, 0) is 14.9 Å². The molecule has 0 amide bonds. The van der Waals surface area contributed by atoms with Crippen molar-refractivity contribution < 1.29 is 13.2 Å². The Bertz CT molecular complexity index is 438. The van der Waals surface area contributed by atoms with Gasteiger partial charge in [0.2, 0.25) is 0 Å². The number of nitrogens with zero attached hydrogens (tertiary/aromatic N) is 2. The van der Waals surface area contributed by atoms with Gasteiger partial charge < -0.3 is 10.1 Å². The van der Waals surface area contributed by atoms with Crippen LogP contribution in [-0.4, -0.2) is 69.0 Å². The number of nitrogens with one attached hydrogen (secondary N) is 1. The van der Waals surface area contributed by atoms with Crippen molar-refractivity contribution in [1.82, 2.24) is 13.9 Å². The Hall–Kier alpha value is -0.210. The Morgan fingerprint density at radius 1 is 1.19 bits per heavy atom. The zero-order valence-corrected chi connectivity index (χ0v) is 13.6. The molecule has 2 heterocycles. The van der Waals surface area contributed by atoms with Crippen molar-refractivity contribution in [2.24, 2.45) is 5.92 Å². The van der Waals surface area contributed by atoms with Crippen LogP contribution in [0.1, 0.15) is 32.1 Å². The molecule has 1 saturated carbocycles. The number of likely N-dealkylation sites (N-methyl/N-ethyl adjacent to an activating group) is 1. The SMILES string of the molecule is CN(C1CCOC1)S(=O)(=O)N1CCC(CNC2CC2)CC1. The molecule has 1 N–H and O–H groups in total. The molecule has 0 bridgehead atoms. The average molecular weight is 317 g/mol. The molecule has 1 atom stereocenters. The Morgan fingerprint density at radius 3 is 2.48 bits per heavy atom. The van der Waals surface area contributed by atoms with E-state index in [4.69, 9.17) is 4.74 Å². The first kappa shape index (κ1) is 15.7. The summed E-state index contributed by atoms with van der Waals surface area (Å²) in [5, 5.41) is 3.55. The second kappa shape index (κ2) is 6.50. The molecule has 2 saturated heterocycles. The highest BCUT2D eigenvalue weighted by Gasteiger charge is 2.36. The number of piperidine rings is 1. The topological polar surface area (TPSA) is 61.9 Å². The van der Waals surface area contributed by atoms with Crippen molar-refractivity contribution >= 4 is 10.2 Å². The van der Waals surface area contributed by atoms with Gasteiger partial charge in [-0.1, -0.05) is 0 Å². The summed E-state index contributed by atoms with van der Waals surface area (Å²) in [5.74, 6) is 0.622. The van der Waals surface area contributed by atoms with E-state index < -0.39 is 10.2 Å². The van der Waals surface area contributed by atoms with Crippen LogP contribution in [0, 0.1) is 5.92 Å². The third-order valence-electron chi connectivity index (χ3n) is 4.96. The van der Waals surface area contributed by atoms with Gasteiger partial charge in [-0.05, 0) is 44.6 Å². The molecule has 3 fully saturated rings. The van der Waals surface area contributed by atoms with E-state index in [0.29, 0.717) is 32.2 Å². The second-order valence-electron chi connectivity index (χ2n) is 6.57. The monoisotopic (exact) mass is 317 g/mol. The maximum Gasteiger partial charge on any atom is 0.282 e. The molecular formula is C14H27N3O3S. The molecule has 122 valence electrons. The summed E-state index contributed by atoms with van der Waals surface area (Å²) in [6.07, 6.45) is 5.35. The van der Waals surface area contributed by atoms with Crippen molar-refractivity contribution in [2.45, 2.75) is 44.2 Å². The first-order valence-corrected chi connectivity index (χ1v) is 9.51. The van der Waals surface area contributed by atoms with Crippen molar-refractivity contribution in [3.8, 4) is 0 Å². The van der Waals surface area contributed by atoms with E-state index in [1.807, 2.05) is 0 Å². The lowest BCUT2D eigenvalue weighted by atomic mass is 9.98. The molecule has 2 aliphatic heterocycles. The van der Waals surface area contributed by atoms with E-state index in [1.165, 1.54) is 17.1 Å². The lowest BCUT2D eigenvalue weighted by molar-refractivity contribution is 0.177. The third-order valence-corrected chi connectivity index (χ3v) is 7.00. The molecule has 7 heteroatoms. The zero-order chi connectivity index (χ0) is 14.9. The van der Waals surface area contributed by atoms with Gasteiger partial charge >= 0.3 is 0 Å². The number of hydrogen-bond donors (Lipinski definition) is 1. The van der Waals surface area contributed by atoms with Crippen LogP contribution in [0.4, 0.5) is 0 Å². The van der Waals surface area contributed by atoms with Crippen LogP contribution in [0.15, 0.2) is 0 Å². The van der Waals surface area contributed by atoms with Crippen molar-refractivity contribution in [3.05, 3.63) is 0 Å². The summed E-state index contributed by atoms with van der Waals surface area (Å²) >= 11 is 0. The van der Waals surface area contributed by atoms with E-state index >= 15 is 0 Å². The van der Waals surface area contributed by atoms with Crippen LogP contribution in [0.3, 0.4) is 0 Å². The second-order valence-corrected chi connectivity index (χ2v) is 8.55. The van der Waals surface area contributed by atoms with Crippen molar-refractivity contribution in [1.29, 1.82) is 0 Å². The van der Waals surface area contributed by atoms with Gasteiger partial charge in [-0.3, -0.25) is 0 Å². The zero-order valence-electron chi connectivity index (χ0n) is 12.8. The number of rotatable bonds is 6. The van der Waals surface area contributed by atoms with Crippen LogP contribution in [0.2, 0.25) is 0 Å². The molecular weight excluding hydrogens is 290 g/mol. The minimum atomic E-state index is -3.32. The molecule has 21 heavy (non-hydrogen) atoms.